The van der Waals surface area contributed by atoms with Crippen molar-refractivity contribution in [2.45, 2.75) is 0 Å². The number of fused-ring (bicyclic) bond motifs is 1. The molecular formula is C17H11NOS. The Bertz CT molecular complexity index is 822. The Balaban J connectivity index is 2.09. The van der Waals surface area contributed by atoms with Gasteiger partial charge >= 0.3 is 0 Å². The Morgan fingerprint density at radius 1 is 1.10 bits per heavy atom. The summed E-state index contributed by atoms with van der Waals surface area (Å²) in [5, 5.41) is 21.9. The van der Waals surface area contributed by atoms with E-state index in [4.69, 9.17) is 0 Å². The average Bonchev–Trinajstić information content (AvgIpc) is 2.89. The zero-order valence-electron chi connectivity index (χ0n) is 10.6. The van der Waals surface area contributed by atoms with Gasteiger partial charge in [0.2, 0.25) is 0 Å². The van der Waals surface area contributed by atoms with Crippen LogP contribution in [-0.4, -0.2) is 5.11 Å². The summed E-state index contributed by atoms with van der Waals surface area (Å²) in [5.74, 6) is 0.201. The van der Waals surface area contributed by atoms with Crippen LogP contribution in [-0.2, 0) is 0 Å². The SMILES string of the molecule is N#C/C(=C\c1csc2ccccc12)c1ccc(O)cc1. The van der Waals surface area contributed by atoms with Gasteiger partial charge in [0.15, 0.2) is 0 Å². The van der Waals surface area contributed by atoms with Gasteiger partial charge in [-0.3, -0.25) is 0 Å². The zero-order chi connectivity index (χ0) is 13.9. The number of hydrogen-bond donors (Lipinski definition) is 1. The number of nitrogens with zero attached hydrogens (tertiary/aromatic N) is 1. The van der Waals surface area contributed by atoms with Gasteiger partial charge in [0.05, 0.1) is 11.6 Å². The summed E-state index contributed by atoms with van der Waals surface area (Å²) in [6.07, 6.45) is 1.89. The van der Waals surface area contributed by atoms with E-state index in [1.807, 2.05) is 18.2 Å². The molecule has 0 radical (unpaired) electrons. The lowest BCUT2D eigenvalue weighted by Crippen LogP contribution is -1.81. The molecule has 3 rings (SSSR count). The van der Waals surface area contributed by atoms with E-state index in [0.29, 0.717) is 5.57 Å². The summed E-state index contributed by atoms with van der Waals surface area (Å²) < 4.78 is 1.21. The molecule has 0 saturated heterocycles. The second kappa shape index (κ2) is 5.20. The molecule has 0 fully saturated rings. The highest BCUT2D eigenvalue weighted by atomic mass is 32.1. The van der Waals surface area contributed by atoms with Crippen molar-refractivity contribution in [2.24, 2.45) is 0 Å². The highest BCUT2D eigenvalue weighted by Gasteiger charge is 2.05. The number of rotatable bonds is 2. The van der Waals surface area contributed by atoms with E-state index in [1.54, 1.807) is 35.6 Å². The molecule has 20 heavy (non-hydrogen) atoms. The monoisotopic (exact) mass is 277 g/mol. The number of nitriles is 1. The van der Waals surface area contributed by atoms with Crippen LogP contribution in [0.3, 0.4) is 0 Å². The molecule has 0 aliphatic carbocycles. The summed E-state index contributed by atoms with van der Waals surface area (Å²) >= 11 is 1.67. The Hall–Kier alpha value is -2.57. The lowest BCUT2D eigenvalue weighted by atomic mass is 10.0. The van der Waals surface area contributed by atoms with Gasteiger partial charge in [-0.05, 0) is 58.3 Å². The van der Waals surface area contributed by atoms with Gasteiger partial charge in [-0.25, -0.2) is 0 Å². The van der Waals surface area contributed by atoms with Crippen LogP contribution in [0, 0.1) is 11.3 Å². The fourth-order valence-corrected chi connectivity index (χ4v) is 3.01. The molecule has 0 spiro atoms. The van der Waals surface area contributed by atoms with Crippen LogP contribution < -0.4 is 0 Å². The number of phenolic OH excluding ortho intramolecular Hbond substituents is 1. The first-order chi connectivity index (χ1) is 9.78. The molecule has 0 amide bonds. The van der Waals surface area contributed by atoms with Crippen LogP contribution in [0.5, 0.6) is 5.75 Å². The third kappa shape index (κ3) is 2.29. The minimum Gasteiger partial charge on any atom is -0.508 e. The molecule has 3 heteroatoms. The molecule has 0 aliphatic rings. The smallest absolute Gasteiger partial charge is 0.115 e. The first-order valence-electron chi connectivity index (χ1n) is 6.15. The van der Waals surface area contributed by atoms with Gasteiger partial charge in [-0.2, -0.15) is 5.26 Å². The molecular weight excluding hydrogens is 266 g/mol. The Labute approximate surface area is 120 Å². The first-order valence-corrected chi connectivity index (χ1v) is 7.03. The predicted octanol–water partition coefficient (Wildman–Crippen LogP) is 4.67. The fraction of sp³-hybridized carbons (Fsp3) is 0. The van der Waals surface area contributed by atoms with Crippen molar-refractivity contribution in [3.63, 3.8) is 0 Å². The number of phenols is 1. The fourth-order valence-electron chi connectivity index (χ4n) is 2.09. The van der Waals surface area contributed by atoms with Crippen LogP contribution in [0.4, 0.5) is 0 Å². The highest BCUT2D eigenvalue weighted by molar-refractivity contribution is 7.17. The van der Waals surface area contributed by atoms with Crippen LogP contribution in [0.1, 0.15) is 11.1 Å². The largest absolute Gasteiger partial charge is 0.508 e. The molecule has 1 heterocycles. The summed E-state index contributed by atoms with van der Waals surface area (Å²) in [6.45, 7) is 0. The van der Waals surface area contributed by atoms with Crippen molar-refractivity contribution in [3.05, 3.63) is 65.0 Å². The maximum Gasteiger partial charge on any atom is 0.115 e. The quantitative estimate of drug-likeness (QED) is 0.692. The molecule has 96 valence electrons. The number of benzene rings is 2. The molecule has 0 unspecified atom stereocenters. The lowest BCUT2D eigenvalue weighted by molar-refractivity contribution is 0.475. The first kappa shape index (κ1) is 12.5. The number of aromatic hydroxyl groups is 1. The molecule has 0 saturated carbocycles. The van der Waals surface area contributed by atoms with E-state index >= 15 is 0 Å². The van der Waals surface area contributed by atoms with E-state index in [0.717, 1.165) is 16.5 Å². The van der Waals surface area contributed by atoms with Crippen molar-refractivity contribution in [1.82, 2.24) is 0 Å². The number of allylic oxidation sites excluding steroid dienone is 1. The van der Waals surface area contributed by atoms with Crippen molar-refractivity contribution in [3.8, 4) is 11.8 Å². The molecule has 3 aromatic rings. The van der Waals surface area contributed by atoms with Gasteiger partial charge in [0.1, 0.15) is 5.75 Å². The van der Waals surface area contributed by atoms with Gasteiger partial charge in [0.25, 0.3) is 0 Å². The molecule has 0 bridgehead atoms. The van der Waals surface area contributed by atoms with E-state index in [1.165, 1.54) is 4.70 Å². The molecule has 0 atom stereocenters. The number of thiophene rings is 1. The topological polar surface area (TPSA) is 44.0 Å². The molecule has 1 aromatic heterocycles. The normalized spacial score (nSPS) is 11.4. The van der Waals surface area contributed by atoms with E-state index in [-0.39, 0.29) is 5.75 Å². The van der Waals surface area contributed by atoms with E-state index in [2.05, 4.69) is 23.6 Å². The summed E-state index contributed by atoms with van der Waals surface area (Å²) in [6, 6.07) is 17.0. The van der Waals surface area contributed by atoms with E-state index in [9.17, 15) is 10.4 Å². The lowest BCUT2D eigenvalue weighted by Gasteiger charge is -1.99. The number of hydrogen-bond acceptors (Lipinski definition) is 3. The summed E-state index contributed by atoms with van der Waals surface area (Å²) in [4.78, 5) is 0. The average molecular weight is 277 g/mol. The maximum absolute atomic E-state index is 9.34. The third-order valence-corrected chi connectivity index (χ3v) is 4.09. The zero-order valence-corrected chi connectivity index (χ0v) is 11.4. The molecule has 1 N–H and O–H groups in total. The third-order valence-electron chi connectivity index (χ3n) is 3.11. The second-order valence-corrected chi connectivity index (χ2v) is 5.32. The van der Waals surface area contributed by atoms with Gasteiger partial charge in [-0.1, -0.05) is 18.2 Å². The maximum atomic E-state index is 9.34. The van der Waals surface area contributed by atoms with Crippen LogP contribution >= 0.6 is 11.3 Å². The standard InChI is InChI=1S/C17H11NOS/c18-10-13(12-5-7-15(19)8-6-12)9-14-11-20-17-4-2-1-3-16(14)17/h1-9,11,19H/b13-9+. The van der Waals surface area contributed by atoms with Gasteiger partial charge < -0.3 is 5.11 Å². The van der Waals surface area contributed by atoms with Crippen molar-refractivity contribution in [2.75, 3.05) is 0 Å². The van der Waals surface area contributed by atoms with Crippen molar-refractivity contribution >= 4 is 33.1 Å². The van der Waals surface area contributed by atoms with Gasteiger partial charge in [-0.15, -0.1) is 11.3 Å². The minimum absolute atomic E-state index is 0.201. The molecule has 0 aliphatic heterocycles. The highest BCUT2D eigenvalue weighted by Crippen LogP contribution is 2.29. The second-order valence-electron chi connectivity index (χ2n) is 4.40. The Morgan fingerprint density at radius 3 is 2.60 bits per heavy atom. The van der Waals surface area contributed by atoms with Crippen molar-refractivity contribution < 1.29 is 5.11 Å². The van der Waals surface area contributed by atoms with E-state index < -0.39 is 0 Å². The predicted molar refractivity (Wildman–Crippen MR) is 83.4 cm³/mol. The van der Waals surface area contributed by atoms with Crippen molar-refractivity contribution in [1.29, 1.82) is 5.26 Å². The Morgan fingerprint density at radius 2 is 1.85 bits per heavy atom. The summed E-state index contributed by atoms with van der Waals surface area (Å²) in [5.41, 5.74) is 2.45. The van der Waals surface area contributed by atoms with Gasteiger partial charge in [0, 0.05) is 4.70 Å². The Kier molecular flexibility index (Phi) is 3.24. The van der Waals surface area contributed by atoms with Crippen LogP contribution in [0.2, 0.25) is 0 Å². The van der Waals surface area contributed by atoms with Crippen LogP contribution in [0.25, 0.3) is 21.7 Å². The minimum atomic E-state index is 0.201. The molecule has 2 nitrogen and oxygen atoms in total. The van der Waals surface area contributed by atoms with Crippen LogP contribution in [0.15, 0.2) is 53.9 Å². The molecule has 2 aromatic carbocycles. The summed E-state index contributed by atoms with van der Waals surface area (Å²) in [7, 11) is 0.